The molecule has 0 bridgehead atoms. The van der Waals surface area contributed by atoms with Crippen LogP contribution >= 0.6 is 0 Å². The molecule has 6 rings (SSSR count). The van der Waals surface area contributed by atoms with Crippen LogP contribution < -0.4 is 19.5 Å². The smallest absolute Gasteiger partial charge is 0.272 e. The molecule has 170 valence electrons. The summed E-state index contributed by atoms with van der Waals surface area (Å²) in [5.74, 6) is 2.64. The summed E-state index contributed by atoms with van der Waals surface area (Å²) in [5, 5.41) is 15.9. The van der Waals surface area contributed by atoms with Gasteiger partial charge >= 0.3 is 0 Å². The number of methoxy groups -OCH3 is 1. The van der Waals surface area contributed by atoms with Gasteiger partial charge in [-0.1, -0.05) is 6.07 Å². The van der Waals surface area contributed by atoms with Gasteiger partial charge in [0.1, 0.15) is 11.6 Å². The number of aromatic nitrogens is 5. The predicted octanol–water partition coefficient (Wildman–Crippen LogP) is 3.24. The molecule has 0 fully saturated rings. The third-order valence-corrected chi connectivity index (χ3v) is 6.02. The zero-order chi connectivity index (χ0) is 23.2. The van der Waals surface area contributed by atoms with Crippen LogP contribution in [0.3, 0.4) is 0 Å². The fourth-order valence-corrected chi connectivity index (χ4v) is 4.39. The number of fused-ring (bicyclic) bond motifs is 2. The largest absolute Gasteiger partial charge is 0.497 e. The quantitative estimate of drug-likeness (QED) is 0.498. The van der Waals surface area contributed by atoms with Crippen molar-refractivity contribution in [3.05, 3.63) is 65.5 Å². The molecule has 2 aromatic carbocycles. The molecule has 4 aromatic rings. The Morgan fingerprint density at radius 2 is 1.94 bits per heavy atom. The minimum absolute atomic E-state index is 0.115. The molecule has 1 amide bonds. The number of hydrogen-bond donors (Lipinski definition) is 1. The third-order valence-electron chi connectivity index (χ3n) is 6.02. The monoisotopic (exact) mass is 456 g/mol. The van der Waals surface area contributed by atoms with Crippen molar-refractivity contribution in [2.45, 2.75) is 19.3 Å². The number of ether oxygens (including phenoxy) is 3. The highest BCUT2D eigenvalue weighted by Crippen LogP contribution is 2.43. The van der Waals surface area contributed by atoms with Crippen LogP contribution in [0.4, 0.5) is 5.82 Å². The Hall–Kier alpha value is -4.47. The highest BCUT2D eigenvalue weighted by Gasteiger charge is 2.34. The van der Waals surface area contributed by atoms with E-state index in [2.05, 4.69) is 25.6 Å². The molecular weight excluding hydrogens is 436 g/mol. The Kier molecular flexibility index (Phi) is 4.65. The second-order valence-corrected chi connectivity index (χ2v) is 8.05. The first-order chi connectivity index (χ1) is 16.6. The molecule has 10 heteroatoms. The standard InChI is InChI=1S/C24H20N6O4/c1-13-22-17(15-5-8-19-20(9-15)34-12-33-19)10-21(31)27-23(22)30(29-13)24-26-18(11-25-28-24)14-3-6-16(32-2)7-4-14/h3-9,11,17H,10,12H2,1-2H3,(H,27,31). The van der Waals surface area contributed by atoms with E-state index in [9.17, 15) is 4.79 Å². The number of benzene rings is 2. The molecule has 1 N–H and O–H groups in total. The van der Waals surface area contributed by atoms with Crippen LogP contribution in [0.1, 0.15) is 29.2 Å². The zero-order valence-corrected chi connectivity index (χ0v) is 18.5. The summed E-state index contributed by atoms with van der Waals surface area (Å²) < 4.78 is 17.7. The lowest BCUT2D eigenvalue weighted by Gasteiger charge is -2.24. The van der Waals surface area contributed by atoms with Gasteiger partial charge in [0.15, 0.2) is 11.5 Å². The number of carbonyl (C=O) groups excluding carboxylic acids is 1. The van der Waals surface area contributed by atoms with E-state index in [0.717, 1.165) is 28.1 Å². The van der Waals surface area contributed by atoms with E-state index >= 15 is 0 Å². The van der Waals surface area contributed by atoms with Crippen molar-refractivity contribution in [1.82, 2.24) is 25.0 Å². The Bertz CT molecular complexity index is 1420. The lowest BCUT2D eigenvalue weighted by atomic mass is 9.85. The number of anilines is 1. The molecule has 2 aliphatic heterocycles. The first-order valence-corrected chi connectivity index (χ1v) is 10.7. The Labute approximate surface area is 194 Å². The molecule has 0 saturated carbocycles. The maximum absolute atomic E-state index is 12.7. The molecule has 0 spiro atoms. The highest BCUT2D eigenvalue weighted by molar-refractivity contribution is 5.95. The van der Waals surface area contributed by atoms with Crippen LogP contribution in [0, 0.1) is 6.92 Å². The van der Waals surface area contributed by atoms with Gasteiger partial charge in [-0.15, -0.1) is 5.10 Å². The zero-order valence-electron chi connectivity index (χ0n) is 18.5. The molecular formula is C24H20N6O4. The first-order valence-electron chi connectivity index (χ1n) is 10.7. The molecule has 2 aliphatic rings. The van der Waals surface area contributed by atoms with Crippen molar-refractivity contribution in [1.29, 1.82) is 0 Å². The molecule has 2 aromatic heterocycles. The summed E-state index contributed by atoms with van der Waals surface area (Å²) in [6.45, 7) is 2.11. The van der Waals surface area contributed by atoms with E-state index in [1.807, 2.05) is 49.4 Å². The van der Waals surface area contributed by atoms with Gasteiger partial charge < -0.3 is 19.5 Å². The molecule has 10 nitrogen and oxygen atoms in total. The van der Waals surface area contributed by atoms with E-state index in [0.29, 0.717) is 29.4 Å². The second kappa shape index (κ2) is 7.84. The van der Waals surface area contributed by atoms with Gasteiger partial charge in [0, 0.05) is 23.5 Å². The van der Waals surface area contributed by atoms with Crippen molar-refractivity contribution in [2.24, 2.45) is 0 Å². The lowest BCUT2D eigenvalue weighted by molar-refractivity contribution is -0.116. The van der Waals surface area contributed by atoms with Crippen molar-refractivity contribution >= 4 is 11.7 Å². The minimum Gasteiger partial charge on any atom is -0.497 e. The number of nitrogens with one attached hydrogen (secondary N) is 1. The average Bonchev–Trinajstić information content (AvgIpc) is 3.47. The fourth-order valence-electron chi connectivity index (χ4n) is 4.39. The third kappa shape index (κ3) is 3.31. The van der Waals surface area contributed by atoms with E-state index in [4.69, 9.17) is 14.2 Å². The van der Waals surface area contributed by atoms with E-state index < -0.39 is 0 Å². The Balaban J connectivity index is 1.42. The van der Waals surface area contributed by atoms with Gasteiger partial charge in [0.2, 0.25) is 12.7 Å². The molecule has 0 saturated heterocycles. The predicted molar refractivity (Wildman–Crippen MR) is 121 cm³/mol. The van der Waals surface area contributed by atoms with Crippen LogP contribution in [0.25, 0.3) is 17.2 Å². The number of carbonyl (C=O) groups is 1. The van der Waals surface area contributed by atoms with Crippen LogP contribution in [-0.4, -0.2) is 44.8 Å². The van der Waals surface area contributed by atoms with Crippen LogP contribution in [0.15, 0.2) is 48.7 Å². The first kappa shape index (κ1) is 20.2. The van der Waals surface area contributed by atoms with Gasteiger partial charge in [-0.05, 0) is 48.9 Å². The normalized spacial score (nSPS) is 16.2. The molecule has 4 heterocycles. The van der Waals surface area contributed by atoms with Crippen molar-refractivity contribution in [3.8, 4) is 34.5 Å². The number of rotatable bonds is 4. The molecule has 1 unspecified atom stereocenters. The van der Waals surface area contributed by atoms with Gasteiger partial charge in [-0.3, -0.25) is 4.79 Å². The summed E-state index contributed by atoms with van der Waals surface area (Å²) in [6.07, 6.45) is 1.88. The number of amides is 1. The van der Waals surface area contributed by atoms with E-state index in [-0.39, 0.29) is 24.6 Å². The number of nitrogens with zero attached hydrogens (tertiary/aromatic N) is 5. The Morgan fingerprint density at radius 1 is 1.12 bits per heavy atom. The van der Waals surface area contributed by atoms with Gasteiger partial charge in [-0.25, -0.2) is 4.98 Å². The number of hydrogen-bond acceptors (Lipinski definition) is 8. The molecule has 0 aliphatic carbocycles. The van der Waals surface area contributed by atoms with Gasteiger partial charge in [0.25, 0.3) is 5.95 Å². The maximum atomic E-state index is 12.7. The minimum atomic E-state index is -0.190. The fraction of sp³-hybridized carbons (Fsp3) is 0.208. The van der Waals surface area contributed by atoms with E-state index in [1.165, 1.54) is 0 Å². The highest BCUT2D eigenvalue weighted by atomic mass is 16.7. The molecule has 0 radical (unpaired) electrons. The van der Waals surface area contributed by atoms with Gasteiger partial charge in [-0.2, -0.15) is 14.9 Å². The van der Waals surface area contributed by atoms with Gasteiger partial charge in [0.05, 0.1) is 24.7 Å². The second-order valence-electron chi connectivity index (χ2n) is 8.05. The average molecular weight is 456 g/mol. The topological polar surface area (TPSA) is 113 Å². The SMILES string of the molecule is COc1ccc(-c2cnnc(-n3nc(C)c4c3NC(=O)CC4c3ccc4c(c3)OCO4)n2)cc1. The Morgan fingerprint density at radius 3 is 2.76 bits per heavy atom. The maximum Gasteiger partial charge on any atom is 0.272 e. The van der Waals surface area contributed by atoms with Crippen molar-refractivity contribution < 1.29 is 19.0 Å². The number of aryl methyl sites for hydroxylation is 1. The van der Waals surface area contributed by atoms with Crippen LogP contribution in [0.5, 0.6) is 17.2 Å². The molecule has 1 atom stereocenters. The molecule has 34 heavy (non-hydrogen) atoms. The lowest BCUT2D eigenvalue weighted by Crippen LogP contribution is -2.25. The summed E-state index contributed by atoms with van der Waals surface area (Å²) in [5.41, 5.74) is 4.13. The van der Waals surface area contributed by atoms with Crippen LogP contribution in [0.2, 0.25) is 0 Å². The summed E-state index contributed by atoms with van der Waals surface area (Å²) in [7, 11) is 1.62. The summed E-state index contributed by atoms with van der Waals surface area (Å²) in [4.78, 5) is 17.4. The van der Waals surface area contributed by atoms with Crippen LogP contribution in [-0.2, 0) is 4.79 Å². The summed E-state index contributed by atoms with van der Waals surface area (Å²) >= 11 is 0. The van der Waals surface area contributed by atoms with Crippen molar-refractivity contribution in [3.63, 3.8) is 0 Å². The van der Waals surface area contributed by atoms with Crippen molar-refractivity contribution in [2.75, 3.05) is 19.2 Å². The van der Waals surface area contributed by atoms with E-state index in [1.54, 1.807) is 18.0 Å². The summed E-state index contributed by atoms with van der Waals surface area (Å²) in [6, 6.07) is 13.3.